The van der Waals surface area contributed by atoms with Crippen LogP contribution in [0.15, 0.2) is 42.9 Å². The fourth-order valence-corrected chi connectivity index (χ4v) is 1.98. The number of halogens is 1. The van der Waals surface area contributed by atoms with Crippen LogP contribution in [0.1, 0.15) is 35.3 Å². The zero-order valence-corrected chi connectivity index (χ0v) is 11.3. The smallest absolute Gasteiger partial charge is 0.251 e. The molecule has 0 aliphatic carbocycles. The molecule has 0 unspecified atom stereocenters. The normalized spacial score (nSPS) is 11.9. The zero-order valence-electron chi connectivity index (χ0n) is 10.5. The number of amides is 1. The van der Waals surface area contributed by atoms with Gasteiger partial charge >= 0.3 is 0 Å². The standard InChI is InChI=1S/C14H14ClN3O/c1-2-12(11-5-8-17-13(15)9-11)18-14(19)10-3-6-16-7-4-10/h3-9,12H,2H2,1H3,(H,18,19)/t12-/m0/s1. The molecule has 2 heterocycles. The quantitative estimate of drug-likeness (QED) is 0.873. The van der Waals surface area contributed by atoms with Crippen LogP contribution < -0.4 is 5.32 Å². The SMILES string of the molecule is CC[C@H](NC(=O)c1ccncc1)c1ccnc(Cl)c1. The van der Waals surface area contributed by atoms with Gasteiger partial charge in [0, 0.05) is 24.2 Å². The van der Waals surface area contributed by atoms with Gasteiger partial charge in [0.1, 0.15) is 5.15 Å². The second-order valence-electron chi connectivity index (χ2n) is 4.08. The van der Waals surface area contributed by atoms with Gasteiger partial charge in [0.25, 0.3) is 5.91 Å². The Balaban J connectivity index is 2.14. The molecule has 19 heavy (non-hydrogen) atoms. The number of carbonyl (C=O) groups excluding carboxylic acids is 1. The number of hydrogen-bond acceptors (Lipinski definition) is 3. The molecule has 1 atom stereocenters. The van der Waals surface area contributed by atoms with Crippen molar-refractivity contribution in [3.8, 4) is 0 Å². The molecule has 0 spiro atoms. The molecule has 4 nitrogen and oxygen atoms in total. The number of aromatic nitrogens is 2. The molecule has 2 rings (SSSR count). The summed E-state index contributed by atoms with van der Waals surface area (Å²) in [6.45, 7) is 2.01. The minimum absolute atomic E-state index is 0.0823. The molecule has 98 valence electrons. The van der Waals surface area contributed by atoms with Gasteiger partial charge in [-0.05, 0) is 36.2 Å². The van der Waals surface area contributed by atoms with Gasteiger partial charge in [-0.2, -0.15) is 0 Å². The Bertz CT molecular complexity index is 560. The highest BCUT2D eigenvalue weighted by molar-refractivity contribution is 6.29. The molecule has 1 N–H and O–H groups in total. The van der Waals surface area contributed by atoms with Crippen molar-refractivity contribution in [3.63, 3.8) is 0 Å². The van der Waals surface area contributed by atoms with Crippen molar-refractivity contribution in [2.24, 2.45) is 0 Å². The predicted octanol–water partition coefficient (Wildman–Crippen LogP) is 3.01. The Hall–Kier alpha value is -1.94. The van der Waals surface area contributed by atoms with Crippen molar-refractivity contribution in [1.82, 2.24) is 15.3 Å². The van der Waals surface area contributed by atoms with Crippen molar-refractivity contribution >= 4 is 17.5 Å². The molecule has 0 aliphatic heterocycles. The van der Waals surface area contributed by atoms with Gasteiger partial charge in [-0.1, -0.05) is 18.5 Å². The first-order chi connectivity index (χ1) is 9.20. The maximum atomic E-state index is 12.1. The average molecular weight is 276 g/mol. The van der Waals surface area contributed by atoms with Crippen LogP contribution in [0.4, 0.5) is 0 Å². The van der Waals surface area contributed by atoms with Gasteiger partial charge in [-0.3, -0.25) is 9.78 Å². The molecule has 0 aromatic carbocycles. The van der Waals surface area contributed by atoms with Crippen LogP contribution in [0.2, 0.25) is 5.15 Å². The number of nitrogens with zero attached hydrogens (tertiary/aromatic N) is 2. The third-order valence-corrected chi connectivity index (χ3v) is 3.02. The van der Waals surface area contributed by atoms with Gasteiger partial charge in [0.2, 0.25) is 0 Å². The molecule has 0 radical (unpaired) electrons. The molecular formula is C14H14ClN3O. The summed E-state index contributed by atoms with van der Waals surface area (Å²) >= 11 is 5.87. The number of nitrogens with one attached hydrogen (secondary N) is 1. The minimum atomic E-state index is -0.123. The molecule has 1 amide bonds. The highest BCUT2D eigenvalue weighted by atomic mass is 35.5. The van der Waals surface area contributed by atoms with Crippen molar-refractivity contribution in [1.29, 1.82) is 0 Å². The van der Waals surface area contributed by atoms with E-state index in [9.17, 15) is 4.79 Å². The number of carbonyl (C=O) groups is 1. The minimum Gasteiger partial charge on any atom is -0.345 e. The van der Waals surface area contributed by atoms with E-state index >= 15 is 0 Å². The van der Waals surface area contributed by atoms with Crippen LogP contribution in [-0.4, -0.2) is 15.9 Å². The third kappa shape index (κ3) is 3.51. The Kier molecular flexibility index (Phi) is 4.47. The fraction of sp³-hybridized carbons (Fsp3) is 0.214. The lowest BCUT2D eigenvalue weighted by molar-refractivity contribution is 0.0935. The second kappa shape index (κ2) is 6.29. The lowest BCUT2D eigenvalue weighted by Gasteiger charge is -2.17. The Morgan fingerprint density at radius 3 is 2.68 bits per heavy atom. The first kappa shape index (κ1) is 13.5. The molecular weight excluding hydrogens is 262 g/mol. The zero-order chi connectivity index (χ0) is 13.7. The third-order valence-electron chi connectivity index (χ3n) is 2.81. The van der Waals surface area contributed by atoms with E-state index in [4.69, 9.17) is 11.6 Å². The fourth-order valence-electron chi connectivity index (χ4n) is 1.80. The monoisotopic (exact) mass is 275 g/mol. The van der Waals surface area contributed by atoms with Gasteiger partial charge in [-0.15, -0.1) is 0 Å². The molecule has 2 aromatic heterocycles. The van der Waals surface area contributed by atoms with Crippen LogP contribution in [0.25, 0.3) is 0 Å². The average Bonchev–Trinajstić information content (AvgIpc) is 2.45. The van der Waals surface area contributed by atoms with Crippen LogP contribution in [0, 0.1) is 0 Å². The summed E-state index contributed by atoms with van der Waals surface area (Å²) < 4.78 is 0. The highest BCUT2D eigenvalue weighted by Crippen LogP contribution is 2.19. The van der Waals surface area contributed by atoms with Crippen molar-refractivity contribution in [2.75, 3.05) is 0 Å². The highest BCUT2D eigenvalue weighted by Gasteiger charge is 2.14. The van der Waals surface area contributed by atoms with E-state index in [-0.39, 0.29) is 11.9 Å². The molecule has 2 aromatic rings. The van der Waals surface area contributed by atoms with Crippen LogP contribution >= 0.6 is 11.6 Å². The van der Waals surface area contributed by atoms with Crippen LogP contribution in [0.5, 0.6) is 0 Å². The second-order valence-corrected chi connectivity index (χ2v) is 4.47. The van der Waals surface area contributed by atoms with E-state index in [0.29, 0.717) is 10.7 Å². The summed E-state index contributed by atoms with van der Waals surface area (Å²) in [7, 11) is 0. The van der Waals surface area contributed by atoms with Crippen molar-refractivity contribution in [2.45, 2.75) is 19.4 Å². The Morgan fingerprint density at radius 2 is 2.05 bits per heavy atom. The largest absolute Gasteiger partial charge is 0.345 e. The first-order valence-electron chi connectivity index (χ1n) is 6.03. The summed E-state index contributed by atoms with van der Waals surface area (Å²) in [6.07, 6.45) is 5.61. The van der Waals surface area contributed by atoms with Crippen molar-refractivity contribution < 1.29 is 4.79 Å². The van der Waals surface area contributed by atoms with E-state index in [0.717, 1.165) is 12.0 Å². The van der Waals surface area contributed by atoms with E-state index in [1.807, 2.05) is 13.0 Å². The molecule has 0 saturated heterocycles. The number of hydrogen-bond donors (Lipinski definition) is 1. The molecule has 0 saturated carbocycles. The molecule has 0 fully saturated rings. The molecule has 5 heteroatoms. The Morgan fingerprint density at radius 1 is 1.32 bits per heavy atom. The summed E-state index contributed by atoms with van der Waals surface area (Å²) in [5.41, 5.74) is 1.54. The first-order valence-corrected chi connectivity index (χ1v) is 6.41. The number of pyridine rings is 2. The summed E-state index contributed by atoms with van der Waals surface area (Å²) in [5, 5.41) is 3.40. The molecule has 0 aliphatic rings. The van der Waals surface area contributed by atoms with Gasteiger partial charge in [-0.25, -0.2) is 4.98 Å². The van der Waals surface area contributed by atoms with Gasteiger partial charge in [0.15, 0.2) is 0 Å². The van der Waals surface area contributed by atoms with Crippen LogP contribution in [-0.2, 0) is 0 Å². The maximum absolute atomic E-state index is 12.1. The maximum Gasteiger partial charge on any atom is 0.251 e. The Labute approximate surface area is 116 Å². The topological polar surface area (TPSA) is 54.9 Å². The van der Waals surface area contributed by atoms with Crippen LogP contribution in [0.3, 0.4) is 0 Å². The predicted molar refractivity (Wildman–Crippen MR) is 74.0 cm³/mol. The summed E-state index contributed by atoms with van der Waals surface area (Å²) in [5.74, 6) is -0.123. The summed E-state index contributed by atoms with van der Waals surface area (Å²) in [4.78, 5) is 19.9. The molecule has 0 bridgehead atoms. The summed E-state index contributed by atoms with van der Waals surface area (Å²) in [6, 6.07) is 6.90. The lowest BCUT2D eigenvalue weighted by Crippen LogP contribution is -2.28. The number of rotatable bonds is 4. The lowest BCUT2D eigenvalue weighted by atomic mass is 10.1. The van der Waals surface area contributed by atoms with E-state index in [1.54, 1.807) is 36.8 Å². The van der Waals surface area contributed by atoms with E-state index in [2.05, 4.69) is 15.3 Å². The van der Waals surface area contributed by atoms with Gasteiger partial charge in [0.05, 0.1) is 6.04 Å². The van der Waals surface area contributed by atoms with E-state index < -0.39 is 0 Å². The van der Waals surface area contributed by atoms with Crippen molar-refractivity contribution in [3.05, 3.63) is 59.1 Å². The van der Waals surface area contributed by atoms with E-state index in [1.165, 1.54) is 0 Å². The van der Waals surface area contributed by atoms with Gasteiger partial charge < -0.3 is 5.32 Å².